The van der Waals surface area contributed by atoms with Crippen LogP contribution in [0.2, 0.25) is 0 Å². The number of nitrogens with one attached hydrogen (secondary N) is 1. The molecule has 0 unspecified atom stereocenters. The Morgan fingerprint density at radius 2 is 2.17 bits per heavy atom. The van der Waals surface area contributed by atoms with Crippen LogP contribution in [0.3, 0.4) is 0 Å². The van der Waals surface area contributed by atoms with E-state index >= 15 is 0 Å². The second-order valence-electron chi connectivity index (χ2n) is 5.16. The van der Waals surface area contributed by atoms with Crippen LogP contribution in [0, 0.1) is 12.7 Å². The third-order valence-corrected chi connectivity index (χ3v) is 5.27. The van der Waals surface area contributed by atoms with Crippen molar-refractivity contribution >= 4 is 28.6 Å². The lowest BCUT2D eigenvalue weighted by Crippen LogP contribution is -2.24. The first-order chi connectivity index (χ1) is 11.1. The number of benzene rings is 1. The lowest BCUT2D eigenvalue weighted by Gasteiger charge is -2.06. The van der Waals surface area contributed by atoms with Crippen molar-refractivity contribution in [3.8, 4) is 9.88 Å². The maximum absolute atomic E-state index is 13.2. The van der Waals surface area contributed by atoms with Gasteiger partial charge in [-0.15, -0.1) is 22.7 Å². The van der Waals surface area contributed by atoms with E-state index < -0.39 is 0 Å². The van der Waals surface area contributed by atoms with Gasteiger partial charge in [0.25, 0.3) is 0 Å². The molecule has 2 heterocycles. The molecular formula is C17H15FN2OS2. The van der Waals surface area contributed by atoms with Crippen molar-refractivity contribution in [3.63, 3.8) is 0 Å². The molecule has 0 atom stereocenters. The van der Waals surface area contributed by atoms with Gasteiger partial charge in [0.15, 0.2) is 0 Å². The number of hydrogen-bond donors (Lipinski definition) is 1. The fourth-order valence-corrected chi connectivity index (χ4v) is 3.78. The topological polar surface area (TPSA) is 42.0 Å². The van der Waals surface area contributed by atoms with Gasteiger partial charge in [-0.3, -0.25) is 4.79 Å². The first-order valence-corrected chi connectivity index (χ1v) is 8.88. The average molecular weight is 346 g/mol. The highest BCUT2D eigenvalue weighted by Gasteiger charge is 2.09. The molecule has 0 spiro atoms. The van der Waals surface area contributed by atoms with E-state index in [0.29, 0.717) is 12.1 Å². The maximum Gasteiger partial charge on any atom is 0.226 e. The largest absolute Gasteiger partial charge is 0.352 e. The molecular weight excluding hydrogens is 331 g/mol. The molecule has 0 aliphatic carbocycles. The third-order valence-electron chi connectivity index (χ3n) is 3.34. The zero-order chi connectivity index (χ0) is 16.2. The minimum absolute atomic E-state index is 0.0880. The average Bonchev–Trinajstić information content (AvgIpc) is 3.19. The van der Waals surface area contributed by atoms with Crippen molar-refractivity contribution in [3.05, 3.63) is 63.7 Å². The van der Waals surface area contributed by atoms with Crippen LogP contribution < -0.4 is 5.32 Å². The molecule has 3 nitrogen and oxygen atoms in total. The number of thiophene rings is 1. The summed E-state index contributed by atoms with van der Waals surface area (Å²) in [4.78, 5) is 17.6. The summed E-state index contributed by atoms with van der Waals surface area (Å²) in [7, 11) is 0. The lowest BCUT2D eigenvalue weighted by molar-refractivity contribution is -0.120. The van der Waals surface area contributed by atoms with E-state index in [2.05, 4.69) is 10.3 Å². The Balaban J connectivity index is 1.56. The number of halogens is 1. The summed E-state index contributed by atoms with van der Waals surface area (Å²) in [5.74, 6) is -0.321. The van der Waals surface area contributed by atoms with E-state index in [0.717, 1.165) is 21.1 Å². The quantitative estimate of drug-likeness (QED) is 0.753. The van der Waals surface area contributed by atoms with Gasteiger partial charge in [0, 0.05) is 11.9 Å². The Labute approximate surface area is 141 Å². The van der Waals surface area contributed by atoms with Crippen LogP contribution in [0.5, 0.6) is 0 Å². The van der Waals surface area contributed by atoms with Gasteiger partial charge in [-0.1, -0.05) is 18.2 Å². The molecule has 0 aliphatic heterocycles. The number of thiazole rings is 1. The van der Waals surface area contributed by atoms with Crippen molar-refractivity contribution in [1.29, 1.82) is 0 Å². The molecule has 3 rings (SSSR count). The molecule has 0 saturated carbocycles. The zero-order valence-corrected chi connectivity index (χ0v) is 14.1. The smallest absolute Gasteiger partial charge is 0.226 e. The first-order valence-electron chi connectivity index (χ1n) is 7.12. The Hall–Kier alpha value is -2.05. The van der Waals surface area contributed by atoms with Crippen molar-refractivity contribution < 1.29 is 9.18 Å². The first kappa shape index (κ1) is 15.8. The number of hydrogen-bond acceptors (Lipinski definition) is 4. The second-order valence-corrected chi connectivity index (χ2v) is 6.96. The minimum atomic E-state index is -0.233. The highest BCUT2D eigenvalue weighted by molar-refractivity contribution is 7.20. The predicted octanol–water partition coefficient (Wildman–Crippen LogP) is 4.18. The van der Waals surface area contributed by atoms with Crippen LogP contribution in [-0.2, 0) is 17.8 Å². The van der Waals surface area contributed by atoms with Crippen molar-refractivity contribution in [2.45, 2.75) is 19.9 Å². The molecule has 1 amide bonds. The van der Waals surface area contributed by atoms with E-state index in [1.807, 2.05) is 22.9 Å². The van der Waals surface area contributed by atoms with Gasteiger partial charge in [0.05, 0.1) is 17.0 Å². The predicted molar refractivity (Wildman–Crippen MR) is 92.1 cm³/mol. The van der Waals surface area contributed by atoms with E-state index in [-0.39, 0.29) is 18.1 Å². The Bertz CT molecular complexity index is 812. The number of rotatable bonds is 5. The summed E-state index contributed by atoms with van der Waals surface area (Å²) >= 11 is 3.18. The number of nitrogens with zero attached hydrogens (tertiary/aromatic N) is 1. The van der Waals surface area contributed by atoms with Gasteiger partial charge in [-0.05, 0) is 35.6 Å². The number of aryl methyl sites for hydroxylation is 1. The summed E-state index contributed by atoms with van der Waals surface area (Å²) in [5.41, 5.74) is 2.23. The number of carbonyl (C=O) groups excluding carboxylic acids is 1. The van der Waals surface area contributed by atoms with Crippen LogP contribution in [0.1, 0.15) is 16.8 Å². The summed E-state index contributed by atoms with van der Waals surface area (Å²) in [6.45, 7) is 2.10. The fourth-order valence-electron chi connectivity index (χ4n) is 2.15. The number of aromatic nitrogens is 1. The Morgan fingerprint density at radius 3 is 2.91 bits per heavy atom. The van der Waals surface area contributed by atoms with Gasteiger partial charge in [0.1, 0.15) is 10.8 Å². The summed E-state index contributed by atoms with van der Waals surface area (Å²) in [6, 6.07) is 8.85. The molecule has 0 fully saturated rings. The molecule has 0 radical (unpaired) electrons. The van der Waals surface area contributed by atoms with Gasteiger partial charge in [-0.25, -0.2) is 9.37 Å². The van der Waals surface area contributed by atoms with E-state index in [9.17, 15) is 9.18 Å². The number of carbonyl (C=O) groups is 1. The maximum atomic E-state index is 13.2. The summed E-state index contributed by atoms with van der Waals surface area (Å²) in [5, 5.41) is 7.71. The van der Waals surface area contributed by atoms with Gasteiger partial charge >= 0.3 is 0 Å². The molecule has 1 aromatic carbocycles. The van der Waals surface area contributed by atoms with Crippen molar-refractivity contribution in [1.82, 2.24) is 10.3 Å². The monoisotopic (exact) mass is 346 g/mol. The van der Waals surface area contributed by atoms with Crippen LogP contribution in [-0.4, -0.2) is 10.9 Å². The van der Waals surface area contributed by atoms with Crippen molar-refractivity contribution in [2.75, 3.05) is 0 Å². The molecule has 3 aromatic rings. The molecule has 6 heteroatoms. The normalized spacial score (nSPS) is 10.7. The summed E-state index contributed by atoms with van der Waals surface area (Å²) in [6.07, 6.45) is 0.252. The molecule has 23 heavy (non-hydrogen) atoms. The van der Waals surface area contributed by atoms with E-state index in [1.54, 1.807) is 41.7 Å². The Morgan fingerprint density at radius 1 is 1.30 bits per heavy atom. The van der Waals surface area contributed by atoms with E-state index in [4.69, 9.17) is 0 Å². The highest BCUT2D eigenvalue weighted by Crippen LogP contribution is 2.27. The zero-order valence-electron chi connectivity index (χ0n) is 12.5. The van der Waals surface area contributed by atoms with Crippen LogP contribution >= 0.6 is 22.7 Å². The van der Waals surface area contributed by atoms with Crippen LogP contribution in [0.15, 0.2) is 41.1 Å². The highest BCUT2D eigenvalue weighted by atomic mass is 32.1. The molecule has 0 bridgehead atoms. The van der Waals surface area contributed by atoms with E-state index in [1.165, 1.54) is 6.07 Å². The molecule has 2 aromatic heterocycles. The minimum Gasteiger partial charge on any atom is -0.352 e. The molecule has 0 aliphatic rings. The lowest BCUT2D eigenvalue weighted by atomic mass is 10.1. The van der Waals surface area contributed by atoms with Gasteiger partial charge in [0.2, 0.25) is 5.91 Å². The molecule has 1 N–H and O–H groups in total. The van der Waals surface area contributed by atoms with Gasteiger partial charge in [-0.2, -0.15) is 0 Å². The standard InChI is InChI=1S/C17H15FN2OS2/c1-11-7-12(4-5-14(11)18)9-19-16(21)8-13-10-23-17(20-13)15-3-2-6-22-15/h2-7,10H,8-9H2,1H3,(H,19,21). The fraction of sp³-hybridized carbons (Fsp3) is 0.176. The van der Waals surface area contributed by atoms with Gasteiger partial charge < -0.3 is 5.32 Å². The third kappa shape index (κ3) is 4.03. The molecule has 0 saturated heterocycles. The van der Waals surface area contributed by atoms with Crippen LogP contribution in [0.25, 0.3) is 9.88 Å². The number of amides is 1. The summed E-state index contributed by atoms with van der Waals surface area (Å²) < 4.78 is 13.2. The Kier molecular flexibility index (Phi) is 4.83. The second kappa shape index (κ2) is 7.02. The van der Waals surface area contributed by atoms with Crippen molar-refractivity contribution in [2.24, 2.45) is 0 Å². The van der Waals surface area contributed by atoms with Crippen LogP contribution in [0.4, 0.5) is 4.39 Å². The molecule has 118 valence electrons. The SMILES string of the molecule is Cc1cc(CNC(=O)Cc2csc(-c3cccs3)n2)ccc1F.